The highest BCUT2D eigenvalue weighted by Crippen LogP contribution is 2.39. The Kier molecular flexibility index (Phi) is 4.22. The summed E-state index contributed by atoms with van der Waals surface area (Å²) in [6.45, 7) is 5.77. The maximum Gasteiger partial charge on any atom is 0.411 e. The maximum atomic E-state index is 12.7. The zero-order valence-electron chi connectivity index (χ0n) is 15.7. The molecule has 136 valence electrons. The Morgan fingerprint density at radius 3 is 2.77 bits per heavy atom. The molecule has 2 unspecified atom stereocenters. The van der Waals surface area contributed by atoms with Crippen LogP contribution in [0, 0.1) is 0 Å². The van der Waals surface area contributed by atoms with Crippen molar-refractivity contribution in [3.8, 4) is 0 Å². The average Bonchev–Trinajstić information content (AvgIpc) is 2.58. The minimum atomic E-state index is -0.463. The van der Waals surface area contributed by atoms with Crippen molar-refractivity contribution in [2.45, 2.75) is 64.1 Å². The molecule has 0 N–H and O–H groups in total. The van der Waals surface area contributed by atoms with Gasteiger partial charge in [0.05, 0.1) is 6.04 Å². The molecule has 2 aliphatic rings. The lowest BCUT2D eigenvalue weighted by Gasteiger charge is -2.45. The molecule has 0 saturated carbocycles. The van der Waals surface area contributed by atoms with E-state index in [4.69, 9.17) is 4.74 Å². The highest BCUT2D eigenvalue weighted by atomic mass is 16.6. The van der Waals surface area contributed by atoms with Crippen molar-refractivity contribution in [1.29, 1.82) is 0 Å². The number of carbonyl (C=O) groups excluding carboxylic acids is 1. The predicted molar refractivity (Wildman–Crippen MR) is 104 cm³/mol. The molecule has 2 atom stereocenters. The third kappa shape index (κ3) is 3.20. The summed E-state index contributed by atoms with van der Waals surface area (Å²) in [6, 6.07) is 8.70. The third-order valence-electron chi connectivity index (χ3n) is 5.26. The maximum absolute atomic E-state index is 12.7. The van der Waals surface area contributed by atoms with Gasteiger partial charge in [-0.05, 0) is 57.4 Å². The fourth-order valence-electron chi connectivity index (χ4n) is 4.20. The van der Waals surface area contributed by atoms with Crippen LogP contribution in [0.2, 0.25) is 0 Å². The van der Waals surface area contributed by atoms with Gasteiger partial charge in [0.2, 0.25) is 0 Å². The van der Waals surface area contributed by atoms with Crippen molar-refractivity contribution < 1.29 is 9.53 Å². The molecule has 0 radical (unpaired) electrons. The lowest BCUT2D eigenvalue weighted by atomic mass is 9.82. The summed E-state index contributed by atoms with van der Waals surface area (Å²) >= 11 is 0. The van der Waals surface area contributed by atoms with Crippen molar-refractivity contribution in [1.82, 2.24) is 9.88 Å². The standard InChI is InChI=1S/C22H26N2O2/c1-22(2,3)26-21(25)24-17-8-6-9-18(24)12-16(11-17)20-14-23-13-15-7-4-5-10-19(15)20/h4-5,7,10-11,13-14,17-18H,6,8-9,12H2,1-3H3. The average molecular weight is 350 g/mol. The van der Waals surface area contributed by atoms with Gasteiger partial charge in [0.25, 0.3) is 0 Å². The minimum absolute atomic E-state index is 0.117. The van der Waals surface area contributed by atoms with E-state index in [1.807, 2.05) is 44.1 Å². The Labute approximate surface area is 154 Å². The van der Waals surface area contributed by atoms with Gasteiger partial charge >= 0.3 is 6.09 Å². The molecular weight excluding hydrogens is 324 g/mol. The number of benzene rings is 1. The van der Waals surface area contributed by atoms with Crippen molar-refractivity contribution in [2.75, 3.05) is 0 Å². The second-order valence-corrected chi connectivity index (χ2v) is 8.34. The van der Waals surface area contributed by atoms with E-state index in [-0.39, 0.29) is 18.2 Å². The summed E-state index contributed by atoms with van der Waals surface area (Å²) < 4.78 is 5.67. The number of carbonyl (C=O) groups is 1. The molecule has 1 amide bonds. The number of ether oxygens (including phenoxy) is 1. The van der Waals surface area contributed by atoms with Crippen LogP contribution in [0.3, 0.4) is 0 Å². The van der Waals surface area contributed by atoms with Crippen LogP contribution >= 0.6 is 0 Å². The summed E-state index contributed by atoms with van der Waals surface area (Å²) in [7, 11) is 0. The summed E-state index contributed by atoms with van der Waals surface area (Å²) in [5.41, 5.74) is 2.04. The topological polar surface area (TPSA) is 42.4 Å². The van der Waals surface area contributed by atoms with E-state index in [9.17, 15) is 4.79 Å². The summed E-state index contributed by atoms with van der Waals surface area (Å²) in [4.78, 5) is 19.2. The molecule has 1 aromatic heterocycles. The van der Waals surface area contributed by atoms with E-state index in [0.717, 1.165) is 31.1 Å². The van der Waals surface area contributed by atoms with Crippen LogP contribution in [0.5, 0.6) is 0 Å². The Hall–Kier alpha value is -2.36. The Balaban J connectivity index is 1.69. The van der Waals surface area contributed by atoms with E-state index in [0.29, 0.717) is 0 Å². The SMILES string of the molecule is CC(C)(C)OC(=O)N1C2C=C(c3cncc4ccccc34)CC1CCC2. The molecule has 2 bridgehead atoms. The molecule has 1 saturated heterocycles. The molecule has 3 heterocycles. The summed E-state index contributed by atoms with van der Waals surface area (Å²) in [5, 5.41) is 2.39. The van der Waals surface area contributed by atoms with Gasteiger partial charge in [-0.25, -0.2) is 4.79 Å². The van der Waals surface area contributed by atoms with Crippen molar-refractivity contribution in [2.24, 2.45) is 0 Å². The quantitative estimate of drug-likeness (QED) is 0.711. The fraction of sp³-hybridized carbons (Fsp3) is 0.455. The van der Waals surface area contributed by atoms with E-state index in [1.165, 1.54) is 16.5 Å². The first kappa shape index (κ1) is 17.1. The van der Waals surface area contributed by atoms with Crippen molar-refractivity contribution in [3.63, 3.8) is 0 Å². The molecule has 4 nitrogen and oxygen atoms in total. The zero-order valence-corrected chi connectivity index (χ0v) is 15.7. The van der Waals surface area contributed by atoms with E-state index < -0.39 is 5.60 Å². The number of pyridine rings is 1. The van der Waals surface area contributed by atoms with Gasteiger partial charge in [-0.3, -0.25) is 9.88 Å². The van der Waals surface area contributed by atoms with Crippen LogP contribution in [0.15, 0.2) is 42.7 Å². The van der Waals surface area contributed by atoms with Crippen LogP contribution in [0.1, 0.15) is 52.0 Å². The minimum Gasteiger partial charge on any atom is -0.444 e. The van der Waals surface area contributed by atoms with Crippen LogP contribution < -0.4 is 0 Å². The number of hydrogen-bond donors (Lipinski definition) is 0. The highest BCUT2D eigenvalue weighted by Gasteiger charge is 2.39. The number of nitrogens with zero attached hydrogens (tertiary/aromatic N) is 2. The highest BCUT2D eigenvalue weighted by molar-refractivity contribution is 5.93. The van der Waals surface area contributed by atoms with Crippen LogP contribution in [0.25, 0.3) is 16.3 Å². The van der Waals surface area contributed by atoms with Crippen LogP contribution in [-0.2, 0) is 4.74 Å². The molecular formula is C22H26N2O2. The van der Waals surface area contributed by atoms with E-state index >= 15 is 0 Å². The molecule has 1 fully saturated rings. The van der Waals surface area contributed by atoms with Gasteiger partial charge in [0.15, 0.2) is 0 Å². The monoisotopic (exact) mass is 350 g/mol. The van der Waals surface area contributed by atoms with E-state index in [2.05, 4.69) is 29.3 Å². The Morgan fingerprint density at radius 1 is 1.19 bits per heavy atom. The normalized spacial score (nSPS) is 22.9. The van der Waals surface area contributed by atoms with Crippen molar-refractivity contribution in [3.05, 3.63) is 48.3 Å². The molecule has 0 aliphatic carbocycles. The van der Waals surface area contributed by atoms with Gasteiger partial charge in [0.1, 0.15) is 5.60 Å². The third-order valence-corrected chi connectivity index (χ3v) is 5.26. The lowest BCUT2D eigenvalue weighted by molar-refractivity contribution is 0.0000922. The number of piperidine rings is 1. The van der Waals surface area contributed by atoms with Crippen molar-refractivity contribution >= 4 is 22.4 Å². The van der Waals surface area contributed by atoms with Crippen LogP contribution in [0.4, 0.5) is 4.79 Å². The van der Waals surface area contributed by atoms with Gasteiger partial charge in [0, 0.05) is 29.4 Å². The molecule has 1 aromatic carbocycles. The molecule has 2 aromatic rings. The number of hydrogen-bond acceptors (Lipinski definition) is 3. The van der Waals surface area contributed by atoms with Gasteiger partial charge < -0.3 is 4.74 Å². The fourth-order valence-corrected chi connectivity index (χ4v) is 4.20. The van der Waals surface area contributed by atoms with Gasteiger partial charge in [-0.2, -0.15) is 0 Å². The number of fused-ring (bicyclic) bond motifs is 3. The number of rotatable bonds is 1. The molecule has 4 rings (SSSR count). The largest absolute Gasteiger partial charge is 0.444 e. The molecule has 2 aliphatic heterocycles. The van der Waals surface area contributed by atoms with Gasteiger partial charge in [-0.15, -0.1) is 0 Å². The first-order chi connectivity index (χ1) is 12.4. The first-order valence-electron chi connectivity index (χ1n) is 9.47. The Morgan fingerprint density at radius 2 is 2.00 bits per heavy atom. The molecule has 26 heavy (non-hydrogen) atoms. The predicted octanol–water partition coefficient (Wildman–Crippen LogP) is 5.18. The number of amides is 1. The second kappa shape index (κ2) is 6.42. The summed E-state index contributed by atoms with van der Waals surface area (Å²) in [5.74, 6) is 0. The van der Waals surface area contributed by atoms with Crippen LogP contribution in [-0.4, -0.2) is 33.7 Å². The van der Waals surface area contributed by atoms with Gasteiger partial charge in [-0.1, -0.05) is 30.3 Å². The summed E-state index contributed by atoms with van der Waals surface area (Å²) in [6.07, 6.45) is 10.0. The lowest BCUT2D eigenvalue weighted by Crippen LogP contribution is -2.53. The molecule has 4 heteroatoms. The smallest absolute Gasteiger partial charge is 0.411 e. The zero-order chi connectivity index (χ0) is 18.3. The number of aromatic nitrogens is 1. The first-order valence-corrected chi connectivity index (χ1v) is 9.47. The molecule has 0 spiro atoms. The Bertz CT molecular complexity index is 861. The van der Waals surface area contributed by atoms with E-state index in [1.54, 1.807) is 0 Å². The second-order valence-electron chi connectivity index (χ2n) is 8.34.